The first-order valence-corrected chi connectivity index (χ1v) is 7.38. The predicted molar refractivity (Wildman–Crippen MR) is 82.2 cm³/mol. The zero-order valence-electron chi connectivity index (χ0n) is 11.9. The zero-order chi connectivity index (χ0) is 14.7. The second-order valence-electron chi connectivity index (χ2n) is 4.69. The number of aromatic nitrogens is 1. The van der Waals surface area contributed by atoms with E-state index >= 15 is 0 Å². The lowest BCUT2D eigenvalue weighted by Crippen LogP contribution is -2.35. The smallest absolute Gasteiger partial charge is 0.263 e. The summed E-state index contributed by atoms with van der Waals surface area (Å²) >= 11 is 1.32. The van der Waals surface area contributed by atoms with Gasteiger partial charge in [-0.15, -0.1) is 11.3 Å². The minimum atomic E-state index is -0.169. The van der Waals surface area contributed by atoms with Crippen LogP contribution in [0.25, 0.3) is 10.2 Å². The number of fused-ring (bicyclic) bond motifs is 1. The Labute approximate surface area is 122 Å². The number of nitrogens with one attached hydrogen (secondary N) is 1. The van der Waals surface area contributed by atoms with Gasteiger partial charge in [0.2, 0.25) is 0 Å². The number of nitrogen functional groups attached to an aromatic ring is 1. The molecule has 0 bridgehead atoms. The Balaban J connectivity index is 2.22. The van der Waals surface area contributed by atoms with E-state index in [1.54, 1.807) is 6.20 Å². The van der Waals surface area contributed by atoms with Crippen molar-refractivity contribution >= 4 is 33.1 Å². The number of pyridine rings is 1. The number of rotatable bonds is 5. The molecule has 1 atom stereocenters. The molecule has 108 valence electrons. The van der Waals surface area contributed by atoms with Crippen molar-refractivity contribution in [3.63, 3.8) is 0 Å². The molecule has 2 heterocycles. The number of aryl methyl sites for hydroxylation is 1. The molecule has 2 rings (SSSR count). The number of thiophene rings is 1. The van der Waals surface area contributed by atoms with Crippen LogP contribution in [0.4, 0.5) is 5.69 Å². The maximum absolute atomic E-state index is 12.3. The fourth-order valence-electron chi connectivity index (χ4n) is 2.00. The van der Waals surface area contributed by atoms with E-state index in [1.165, 1.54) is 11.3 Å². The maximum atomic E-state index is 12.3. The van der Waals surface area contributed by atoms with Gasteiger partial charge in [0.05, 0.1) is 12.3 Å². The van der Waals surface area contributed by atoms with Crippen LogP contribution in [-0.2, 0) is 4.74 Å². The lowest BCUT2D eigenvalue weighted by atomic mass is 10.1. The van der Waals surface area contributed by atoms with Crippen LogP contribution in [0.1, 0.15) is 29.1 Å². The van der Waals surface area contributed by atoms with Gasteiger partial charge in [0.15, 0.2) is 0 Å². The first-order chi connectivity index (χ1) is 9.54. The van der Waals surface area contributed by atoms with Crippen LogP contribution in [0.2, 0.25) is 0 Å². The van der Waals surface area contributed by atoms with Gasteiger partial charge < -0.3 is 15.8 Å². The number of nitrogens with two attached hydrogens (primary N) is 1. The third-order valence-electron chi connectivity index (χ3n) is 2.99. The highest BCUT2D eigenvalue weighted by Crippen LogP contribution is 2.34. The molecule has 6 heteroatoms. The summed E-state index contributed by atoms with van der Waals surface area (Å²) < 4.78 is 5.29. The molecule has 2 aromatic heterocycles. The quantitative estimate of drug-likeness (QED) is 0.887. The second kappa shape index (κ2) is 6.19. The number of carbonyl (C=O) groups excluding carboxylic acids is 1. The number of anilines is 1. The predicted octanol–water partition coefficient (Wildman–Crippen LogP) is 2.34. The molecule has 0 fully saturated rings. The highest BCUT2D eigenvalue weighted by atomic mass is 32.1. The molecule has 5 nitrogen and oxygen atoms in total. The Bertz CT molecular complexity index is 624. The van der Waals surface area contributed by atoms with E-state index in [0.29, 0.717) is 23.8 Å². The minimum Gasteiger partial charge on any atom is -0.397 e. The van der Waals surface area contributed by atoms with E-state index in [0.717, 1.165) is 15.8 Å². The molecule has 0 aliphatic carbocycles. The topological polar surface area (TPSA) is 77.2 Å². The maximum Gasteiger partial charge on any atom is 0.263 e. The number of amides is 1. The molecule has 20 heavy (non-hydrogen) atoms. The summed E-state index contributed by atoms with van der Waals surface area (Å²) in [4.78, 5) is 17.8. The van der Waals surface area contributed by atoms with Crippen LogP contribution in [0.5, 0.6) is 0 Å². The van der Waals surface area contributed by atoms with Crippen molar-refractivity contribution in [2.75, 3.05) is 18.9 Å². The molecule has 0 saturated heterocycles. The van der Waals surface area contributed by atoms with Crippen LogP contribution in [0.3, 0.4) is 0 Å². The van der Waals surface area contributed by atoms with Gasteiger partial charge in [-0.2, -0.15) is 0 Å². The van der Waals surface area contributed by atoms with Gasteiger partial charge in [0, 0.05) is 24.2 Å². The number of hydrogen-bond acceptors (Lipinski definition) is 5. The summed E-state index contributed by atoms with van der Waals surface area (Å²) in [5.74, 6) is -0.169. The summed E-state index contributed by atoms with van der Waals surface area (Å²) in [6.45, 7) is 6.92. The fourth-order valence-corrected chi connectivity index (χ4v) is 3.04. The third kappa shape index (κ3) is 2.91. The number of carbonyl (C=O) groups is 1. The SMILES string of the molecule is CCOCC(C)NC(=O)c1sc2nccc(C)c2c1N. The van der Waals surface area contributed by atoms with E-state index in [4.69, 9.17) is 10.5 Å². The molecule has 0 aliphatic heterocycles. The standard InChI is InChI=1S/C14H19N3O2S/c1-4-19-7-9(3)17-13(18)12-11(15)10-8(2)5-6-16-14(10)20-12/h5-6,9H,4,7,15H2,1-3H3,(H,17,18). The van der Waals surface area contributed by atoms with Crippen molar-refractivity contribution in [1.29, 1.82) is 0 Å². The van der Waals surface area contributed by atoms with E-state index in [-0.39, 0.29) is 11.9 Å². The average molecular weight is 293 g/mol. The van der Waals surface area contributed by atoms with Gasteiger partial charge in [-0.05, 0) is 32.4 Å². The Kier molecular flexibility index (Phi) is 4.57. The van der Waals surface area contributed by atoms with Gasteiger partial charge in [-0.3, -0.25) is 4.79 Å². The van der Waals surface area contributed by atoms with E-state index in [9.17, 15) is 4.79 Å². The Morgan fingerprint density at radius 2 is 2.35 bits per heavy atom. The van der Waals surface area contributed by atoms with Gasteiger partial charge in [0.1, 0.15) is 9.71 Å². The lowest BCUT2D eigenvalue weighted by molar-refractivity contribution is 0.0876. The van der Waals surface area contributed by atoms with Crippen LogP contribution < -0.4 is 11.1 Å². The first kappa shape index (κ1) is 14.7. The molecular formula is C14H19N3O2S. The van der Waals surface area contributed by atoms with Crippen molar-refractivity contribution in [2.45, 2.75) is 26.8 Å². The van der Waals surface area contributed by atoms with Crippen molar-refractivity contribution in [2.24, 2.45) is 0 Å². The summed E-state index contributed by atoms with van der Waals surface area (Å²) in [7, 11) is 0. The molecule has 0 aromatic carbocycles. The molecule has 1 amide bonds. The van der Waals surface area contributed by atoms with Gasteiger partial charge >= 0.3 is 0 Å². The van der Waals surface area contributed by atoms with Crippen LogP contribution in [0.15, 0.2) is 12.3 Å². The summed E-state index contributed by atoms with van der Waals surface area (Å²) in [6, 6.07) is 1.84. The minimum absolute atomic E-state index is 0.0545. The van der Waals surface area contributed by atoms with E-state index < -0.39 is 0 Å². The summed E-state index contributed by atoms with van der Waals surface area (Å²) in [5, 5.41) is 3.77. The molecule has 1 unspecified atom stereocenters. The van der Waals surface area contributed by atoms with Gasteiger partial charge in [-0.25, -0.2) is 4.98 Å². The van der Waals surface area contributed by atoms with E-state index in [2.05, 4.69) is 10.3 Å². The highest BCUT2D eigenvalue weighted by Gasteiger charge is 2.19. The molecule has 2 aromatic rings. The summed E-state index contributed by atoms with van der Waals surface area (Å²) in [6.07, 6.45) is 1.73. The van der Waals surface area contributed by atoms with Crippen LogP contribution in [-0.4, -0.2) is 30.1 Å². The zero-order valence-corrected chi connectivity index (χ0v) is 12.7. The first-order valence-electron chi connectivity index (χ1n) is 6.56. The highest BCUT2D eigenvalue weighted by molar-refractivity contribution is 7.21. The molecule has 0 spiro atoms. The van der Waals surface area contributed by atoms with Crippen LogP contribution >= 0.6 is 11.3 Å². The van der Waals surface area contributed by atoms with Crippen molar-refractivity contribution < 1.29 is 9.53 Å². The van der Waals surface area contributed by atoms with Crippen molar-refractivity contribution in [1.82, 2.24) is 10.3 Å². The number of nitrogens with zero attached hydrogens (tertiary/aromatic N) is 1. The van der Waals surface area contributed by atoms with Crippen LogP contribution in [0, 0.1) is 6.92 Å². The normalized spacial score (nSPS) is 12.6. The monoisotopic (exact) mass is 293 g/mol. The average Bonchev–Trinajstić information content (AvgIpc) is 2.75. The molecule has 0 saturated carbocycles. The molecule has 3 N–H and O–H groups in total. The van der Waals surface area contributed by atoms with Gasteiger partial charge in [0.25, 0.3) is 5.91 Å². The lowest BCUT2D eigenvalue weighted by Gasteiger charge is -2.13. The Morgan fingerprint density at radius 1 is 1.60 bits per heavy atom. The largest absolute Gasteiger partial charge is 0.397 e. The molecule has 0 radical (unpaired) electrons. The van der Waals surface area contributed by atoms with Crippen molar-refractivity contribution in [3.8, 4) is 0 Å². The second-order valence-corrected chi connectivity index (χ2v) is 5.69. The molecular weight excluding hydrogens is 274 g/mol. The van der Waals surface area contributed by atoms with Gasteiger partial charge in [-0.1, -0.05) is 0 Å². The van der Waals surface area contributed by atoms with E-state index in [1.807, 2.05) is 26.8 Å². The number of hydrogen-bond donors (Lipinski definition) is 2. The summed E-state index contributed by atoms with van der Waals surface area (Å²) in [5.41, 5.74) is 7.64. The fraction of sp³-hybridized carbons (Fsp3) is 0.429. The Morgan fingerprint density at radius 3 is 3.00 bits per heavy atom. The third-order valence-corrected chi connectivity index (χ3v) is 4.11. The Hall–Kier alpha value is -1.66. The number of ether oxygens (including phenoxy) is 1. The van der Waals surface area contributed by atoms with Crippen molar-refractivity contribution in [3.05, 3.63) is 22.7 Å². The molecule has 0 aliphatic rings.